The minimum atomic E-state index is -0.777. The molecular weight excluding hydrogens is 458 g/mol. The monoisotopic (exact) mass is 487 g/mol. The summed E-state index contributed by atoms with van der Waals surface area (Å²) >= 11 is 0. The van der Waals surface area contributed by atoms with Crippen LogP contribution in [-0.2, 0) is 13.2 Å². The Kier molecular flexibility index (Phi) is 7.85. The van der Waals surface area contributed by atoms with Crippen molar-refractivity contribution in [1.82, 2.24) is 15.0 Å². The van der Waals surface area contributed by atoms with Crippen molar-refractivity contribution in [2.45, 2.75) is 39.8 Å². The maximum atomic E-state index is 12.4. The molecule has 0 spiro atoms. The van der Waals surface area contributed by atoms with Crippen LogP contribution in [-0.4, -0.2) is 22.2 Å². The van der Waals surface area contributed by atoms with E-state index in [0.29, 0.717) is 24.5 Å². The first-order valence-corrected chi connectivity index (χ1v) is 11.9. The molecule has 2 N–H and O–H groups in total. The Morgan fingerprint density at radius 3 is 2.53 bits per heavy atom. The Bertz CT molecular complexity index is 1450. The van der Waals surface area contributed by atoms with Gasteiger partial charge in [-0.2, -0.15) is 0 Å². The molecule has 0 atom stereocenters. The average molecular weight is 488 g/mol. The topological polar surface area (TPSA) is 106 Å². The number of aryl methyl sites for hydroxylation is 1. The van der Waals surface area contributed by atoms with Gasteiger partial charge in [-0.25, -0.2) is 14.6 Å². The zero-order valence-electron chi connectivity index (χ0n) is 20.4. The summed E-state index contributed by atoms with van der Waals surface area (Å²) in [7, 11) is 0. The highest BCUT2D eigenvalue weighted by Crippen LogP contribution is 2.26. The molecule has 0 saturated carbocycles. The third-order valence-electron chi connectivity index (χ3n) is 5.83. The molecule has 186 valence electrons. The highest BCUT2D eigenvalue weighted by atomic mass is 16.5. The fraction of sp³-hybridized carbons (Fsp3) is 0.250. The second kappa shape index (κ2) is 11.4. The predicted octanol–water partition coefficient (Wildman–Crippen LogP) is 4.26. The van der Waals surface area contributed by atoms with Gasteiger partial charge in [-0.3, -0.25) is 4.79 Å². The van der Waals surface area contributed by atoms with Crippen LogP contribution in [0.5, 0.6) is 5.75 Å². The lowest BCUT2D eigenvalue weighted by atomic mass is 9.97. The molecule has 0 aliphatic carbocycles. The van der Waals surface area contributed by atoms with Gasteiger partial charge >= 0.3 is 11.4 Å². The van der Waals surface area contributed by atoms with Crippen LogP contribution in [0.25, 0.3) is 11.1 Å². The number of carbonyl (C=O) groups excluding carboxylic acids is 1. The number of hydrogen-bond acceptors (Lipinski definition) is 5. The summed E-state index contributed by atoms with van der Waals surface area (Å²) in [4.78, 5) is 37.1. The van der Waals surface area contributed by atoms with Crippen LogP contribution in [0, 0.1) is 6.92 Å². The number of aromatic amines is 1. The summed E-state index contributed by atoms with van der Waals surface area (Å²) in [5, 5.41) is 2.96. The summed E-state index contributed by atoms with van der Waals surface area (Å²) in [6.45, 7) is 5.33. The van der Waals surface area contributed by atoms with Gasteiger partial charge in [0.1, 0.15) is 12.4 Å². The van der Waals surface area contributed by atoms with E-state index >= 15 is 0 Å². The predicted molar refractivity (Wildman–Crippen MR) is 137 cm³/mol. The standard InChI is InChI=1S/C28H29N3O5/c1-3-4-14-29-26(32)23-10-13-25(19(2)15-23)22-7-5-6-21(16-22)18-35-24-11-8-20(9-12-24)17-31-27(33)30-28(34)36-31/h5-13,15-16H,3-4,14,17-18H2,1-2H3,(H,29,32)(H,30,33,34). The molecule has 0 bridgehead atoms. The van der Waals surface area contributed by atoms with Crippen LogP contribution in [0.3, 0.4) is 0 Å². The number of hydrogen-bond donors (Lipinski definition) is 2. The minimum absolute atomic E-state index is 0.0454. The lowest BCUT2D eigenvalue weighted by Gasteiger charge is -2.12. The van der Waals surface area contributed by atoms with E-state index in [4.69, 9.17) is 9.26 Å². The molecule has 36 heavy (non-hydrogen) atoms. The molecule has 4 rings (SSSR count). The molecule has 0 fully saturated rings. The fourth-order valence-electron chi connectivity index (χ4n) is 3.88. The van der Waals surface area contributed by atoms with Gasteiger partial charge in [-0.1, -0.05) is 49.7 Å². The molecule has 3 aromatic carbocycles. The highest BCUT2D eigenvalue weighted by Gasteiger charge is 2.10. The highest BCUT2D eigenvalue weighted by molar-refractivity contribution is 5.95. The van der Waals surface area contributed by atoms with Crippen molar-refractivity contribution in [1.29, 1.82) is 0 Å². The van der Waals surface area contributed by atoms with Crippen LogP contribution in [0.1, 0.15) is 46.8 Å². The Morgan fingerprint density at radius 1 is 1.03 bits per heavy atom. The van der Waals surface area contributed by atoms with Crippen molar-refractivity contribution < 1.29 is 14.1 Å². The van der Waals surface area contributed by atoms with E-state index in [2.05, 4.69) is 23.3 Å². The number of unbranched alkanes of at least 4 members (excludes halogenated alkanes) is 1. The smallest absolute Gasteiger partial charge is 0.440 e. The molecule has 8 heteroatoms. The van der Waals surface area contributed by atoms with Gasteiger partial charge in [-0.05, 0) is 71.5 Å². The Labute approximate surface area is 208 Å². The van der Waals surface area contributed by atoms with Crippen LogP contribution in [0.15, 0.2) is 80.8 Å². The number of amides is 1. The molecule has 4 aromatic rings. The first kappa shape index (κ1) is 24.8. The van der Waals surface area contributed by atoms with E-state index in [-0.39, 0.29) is 12.5 Å². The first-order valence-electron chi connectivity index (χ1n) is 11.9. The van der Waals surface area contributed by atoms with Crippen LogP contribution in [0.2, 0.25) is 0 Å². The van der Waals surface area contributed by atoms with E-state index in [1.54, 1.807) is 0 Å². The number of carbonyl (C=O) groups is 1. The normalized spacial score (nSPS) is 10.8. The molecular formula is C28H29N3O5. The summed E-state index contributed by atoms with van der Waals surface area (Å²) in [6.07, 6.45) is 2.01. The van der Waals surface area contributed by atoms with Crippen LogP contribution < -0.4 is 21.5 Å². The number of ether oxygens (including phenoxy) is 1. The van der Waals surface area contributed by atoms with Crippen molar-refractivity contribution in [3.63, 3.8) is 0 Å². The largest absolute Gasteiger partial charge is 0.489 e. The summed E-state index contributed by atoms with van der Waals surface area (Å²) < 4.78 is 11.7. The number of H-pyrrole nitrogens is 1. The van der Waals surface area contributed by atoms with Gasteiger partial charge in [0.2, 0.25) is 0 Å². The van der Waals surface area contributed by atoms with E-state index < -0.39 is 11.4 Å². The number of aromatic nitrogens is 2. The summed E-state index contributed by atoms with van der Waals surface area (Å²) in [5.41, 5.74) is 5.05. The summed E-state index contributed by atoms with van der Waals surface area (Å²) in [6, 6.07) is 21.1. The molecule has 0 unspecified atom stereocenters. The molecule has 8 nitrogen and oxygen atoms in total. The average Bonchev–Trinajstić information content (AvgIpc) is 3.20. The van der Waals surface area contributed by atoms with E-state index in [1.807, 2.05) is 67.6 Å². The number of nitrogens with one attached hydrogen (secondary N) is 2. The third-order valence-corrected chi connectivity index (χ3v) is 5.83. The van der Waals surface area contributed by atoms with Gasteiger partial charge in [0, 0.05) is 12.1 Å². The van der Waals surface area contributed by atoms with Crippen molar-refractivity contribution in [3.8, 4) is 16.9 Å². The Hall–Kier alpha value is -4.33. The van der Waals surface area contributed by atoms with Crippen molar-refractivity contribution in [2.24, 2.45) is 0 Å². The third kappa shape index (κ3) is 6.21. The maximum Gasteiger partial charge on any atom is 0.440 e. The van der Waals surface area contributed by atoms with Crippen molar-refractivity contribution in [2.75, 3.05) is 6.54 Å². The molecule has 1 heterocycles. The van der Waals surface area contributed by atoms with Gasteiger partial charge in [0.25, 0.3) is 5.91 Å². The SMILES string of the molecule is CCCCNC(=O)c1ccc(-c2cccc(COc3ccc(Cn4oc(=O)[nH]c4=O)cc3)c2)c(C)c1. The molecule has 1 aromatic heterocycles. The van der Waals surface area contributed by atoms with E-state index in [0.717, 1.165) is 45.4 Å². The van der Waals surface area contributed by atoms with Gasteiger partial charge in [0.05, 0.1) is 6.54 Å². The number of benzene rings is 3. The van der Waals surface area contributed by atoms with E-state index in [1.165, 1.54) is 0 Å². The van der Waals surface area contributed by atoms with E-state index in [9.17, 15) is 14.4 Å². The van der Waals surface area contributed by atoms with Crippen LogP contribution in [0.4, 0.5) is 0 Å². The second-order valence-electron chi connectivity index (χ2n) is 8.62. The lowest BCUT2D eigenvalue weighted by molar-refractivity contribution is 0.0953. The first-order chi connectivity index (χ1) is 17.4. The lowest BCUT2D eigenvalue weighted by Crippen LogP contribution is -2.24. The number of rotatable bonds is 10. The quantitative estimate of drug-likeness (QED) is 0.325. The van der Waals surface area contributed by atoms with Crippen molar-refractivity contribution >= 4 is 5.91 Å². The molecule has 1 amide bonds. The number of nitrogens with zero attached hydrogens (tertiary/aromatic N) is 1. The molecule has 0 aliphatic rings. The fourth-order valence-corrected chi connectivity index (χ4v) is 3.88. The second-order valence-corrected chi connectivity index (χ2v) is 8.62. The summed E-state index contributed by atoms with van der Waals surface area (Å²) in [5.74, 6) is -0.140. The minimum Gasteiger partial charge on any atom is -0.489 e. The van der Waals surface area contributed by atoms with Gasteiger partial charge < -0.3 is 14.6 Å². The molecule has 0 saturated heterocycles. The van der Waals surface area contributed by atoms with Gasteiger partial charge in [0.15, 0.2) is 0 Å². The maximum absolute atomic E-state index is 12.4. The molecule has 0 aliphatic heterocycles. The van der Waals surface area contributed by atoms with Gasteiger partial charge in [-0.15, -0.1) is 4.74 Å². The van der Waals surface area contributed by atoms with Crippen LogP contribution >= 0.6 is 0 Å². The Morgan fingerprint density at radius 2 is 1.83 bits per heavy atom. The Balaban J connectivity index is 1.39. The zero-order chi connectivity index (χ0) is 25.5. The van der Waals surface area contributed by atoms with Crippen molar-refractivity contribution in [3.05, 3.63) is 110 Å². The molecule has 0 radical (unpaired) electrons. The zero-order valence-corrected chi connectivity index (χ0v) is 20.4.